The topological polar surface area (TPSA) is 151 Å². The van der Waals surface area contributed by atoms with Crippen LogP contribution in [0.1, 0.15) is 29.9 Å². The fraction of sp³-hybridized carbons (Fsp3) is 0.333. The van der Waals surface area contributed by atoms with Crippen molar-refractivity contribution in [1.29, 1.82) is 0 Å². The smallest absolute Gasteiger partial charge is 0.311 e. The number of amides is 1. The number of aromatic nitrogens is 2. The molecule has 2 aliphatic heterocycles. The minimum atomic E-state index is -0.288. The summed E-state index contributed by atoms with van der Waals surface area (Å²) in [4.78, 5) is 37.0. The van der Waals surface area contributed by atoms with Gasteiger partial charge < -0.3 is 34.7 Å². The van der Waals surface area contributed by atoms with Crippen molar-refractivity contribution in [2.24, 2.45) is 5.73 Å². The average molecular weight is 911 g/mol. The molecule has 0 radical (unpaired) electrons. The van der Waals surface area contributed by atoms with E-state index in [-0.39, 0.29) is 32.1 Å². The summed E-state index contributed by atoms with van der Waals surface area (Å²) >= 11 is 0. The average Bonchev–Trinajstić information content (AvgIpc) is 3.38. The SMILES string of the molecule is C.COC(=O)Cc1ccc(-c2ccc(OCCN3CCOCC3)cc2)cn1.NCc1ccccc1.O=C(Cc1ccc(-c2ccc(OCCN3CCOCC3)cc2)cn1)NCc1ccccc1. The number of rotatable bonds is 17. The molecule has 0 atom stereocenters. The Bertz CT molecular complexity index is 2270. The standard InChI is InChI=1S/C26H29N3O3.C20H24N2O4.C7H9N.CH4/c30-26(28-19-21-4-2-1-3-5-21)18-24-9-6-23(20-27-24)22-7-10-25(11-8-22)32-17-14-29-12-15-31-16-13-29;1-24-20(23)14-18-5-2-17(15-21-18)16-3-6-19(7-4-16)26-13-10-22-8-11-25-12-9-22;8-6-7-4-2-1-3-5-7;/h1-11,20H,12-19H2,(H,28,30);2-7,15H,8-14H2,1H3;1-5H,6,8H2;1H4. The minimum absolute atomic E-state index is 0. The molecule has 0 unspecified atom stereocenters. The fourth-order valence-electron chi connectivity index (χ4n) is 6.98. The van der Waals surface area contributed by atoms with E-state index in [4.69, 9.17) is 24.7 Å². The van der Waals surface area contributed by atoms with Crippen LogP contribution in [0.15, 0.2) is 146 Å². The zero-order valence-electron chi connectivity index (χ0n) is 37.9. The molecular weight excluding hydrogens is 845 g/mol. The van der Waals surface area contributed by atoms with Gasteiger partial charge in [0.1, 0.15) is 24.7 Å². The van der Waals surface area contributed by atoms with E-state index in [0.29, 0.717) is 32.0 Å². The normalized spacial score (nSPS) is 13.6. The number of pyridine rings is 2. The number of nitrogens with two attached hydrogens (primary N) is 1. The number of hydrogen-bond donors (Lipinski definition) is 2. The molecule has 0 aliphatic carbocycles. The molecule has 2 aliphatic rings. The van der Waals surface area contributed by atoms with Crippen LogP contribution in [0.5, 0.6) is 11.5 Å². The molecule has 0 bridgehead atoms. The van der Waals surface area contributed by atoms with Crippen LogP contribution in [0.2, 0.25) is 0 Å². The molecule has 4 aromatic carbocycles. The summed E-state index contributed by atoms with van der Waals surface area (Å²) in [5.74, 6) is 1.40. The number of carbonyl (C=O) groups excluding carboxylic acids is 2. The maximum Gasteiger partial charge on any atom is 0.311 e. The van der Waals surface area contributed by atoms with Crippen LogP contribution in [-0.2, 0) is 49.7 Å². The highest BCUT2D eigenvalue weighted by atomic mass is 16.5. The summed E-state index contributed by atoms with van der Waals surface area (Å²) in [5, 5.41) is 2.94. The third-order valence-electron chi connectivity index (χ3n) is 10.9. The largest absolute Gasteiger partial charge is 0.492 e. The molecule has 0 saturated carbocycles. The second-order valence-corrected chi connectivity index (χ2v) is 15.6. The predicted molar refractivity (Wildman–Crippen MR) is 264 cm³/mol. The summed E-state index contributed by atoms with van der Waals surface area (Å²) in [7, 11) is 1.38. The Morgan fingerprint density at radius 2 is 1.01 bits per heavy atom. The Morgan fingerprint density at radius 3 is 1.42 bits per heavy atom. The summed E-state index contributed by atoms with van der Waals surface area (Å²) in [6.07, 6.45) is 4.04. The van der Waals surface area contributed by atoms with Gasteiger partial charge in [-0.25, -0.2) is 0 Å². The van der Waals surface area contributed by atoms with E-state index in [9.17, 15) is 9.59 Å². The molecule has 2 aromatic heterocycles. The molecule has 1 amide bonds. The highest BCUT2D eigenvalue weighted by Gasteiger charge is 2.12. The first-order valence-electron chi connectivity index (χ1n) is 22.5. The molecule has 3 N–H and O–H groups in total. The Balaban J connectivity index is 0.000000215. The van der Waals surface area contributed by atoms with Crippen LogP contribution in [0.25, 0.3) is 22.3 Å². The third-order valence-corrected chi connectivity index (χ3v) is 10.9. The van der Waals surface area contributed by atoms with E-state index in [1.165, 1.54) is 12.7 Å². The van der Waals surface area contributed by atoms with Crippen molar-refractivity contribution in [3.63, 3.8) is 0 Å². The molecule has 13 nitrogen and oxygen atoms in total. The first-order chi connectivity index (χ1) is 32.4. The number of carbonyl (C=O) groups is 2. The van der Waals surface area contributed by atoms with Crippen LogP contribution in [0.4, 0.5) is 0 Å². The zero-order chi connectivity index (χ0) is 46.0. The Hall–Kier alpha value is -6.48. The molecule has 2 fully saturated rings. The predicted octanol–water partition coefficient (Wildman–Crippen LogP) is 7.28. The van der Waals surface area contributed by atoms with Gasteiger partial charge in [0.05, 0.1) is 52.1 Å². The molecule has 67 heavy (non-hydrogen) atoms. The van der Waals surface area contributed by atoms with Gasteiger partial charge in [-0.15, -0.1) is 0 Å². The first kappa shape index (κ1) is 51.5. The van der Waals surface area contributed by atoms with Crippen LogP contribution >= 0.6 is 0 Å². The molecule has 0 spiro atoms. The van der Waals surface area contributed by atoms with E-state index < -0.39 is 0 Å². The maximum atomic E-state index is 12.2. The van der Waals surface area contributed by atoms with Crippen LogP contribution in [0, 0.1) is 0 Å². The van der Waals surface area contributed by atoms with E-state index in [1.54, 1.807) is 6.20 Å². The Kier molecular flexibility index (Phi) is 22.5. The van der Waals surface area contributed by atoms with Crippen molar-refractivity contribution >= 4 is 11.9 Å². The molecule has 354 valence electrons. The summed E-state index contributed by atoms with van der Waals surface area (Å²) in [6, 6.07) is 43.6. The number of morpholine rings is 2. The third kappa shape index (κ3) is 18.7. The van der Waals surface area contributed by atoms with Gasteiger partial charge in [0, 0.05) is 81.6 Å². The van der Waals surface area contributed by atoms with Crippen molar-refractivity contribution in [3.8, 4) is 33.8 Å². The zero-order valence-corrected chi connectivity index (χ0v) is 37.9. The number of benzene rings is 4. The van der Waals surface area contributed by atoms with E-state index >= 15 is 0 Å². The van der Waals surface area contributed by atoms with Gasteiger partial charge in [-0.1, -0.05) is 104 Å². The molecule has 2 saturated heterocycles. The molecule has 4 heterocycles. The number of esters is 1. The summed E-state index contributed by atoms with van der Waals surface area (Å²) < 4.78 is 27.1. The van der Waals surface area contributed by atoms with Crippen molar-refractivity contribution in [2.45, 2.75) is 33.4 Å². The van der Waals surface area contributed by atoms with Crippen LogP contribution < -0.4 is 20.5 Å². The lowest BCUT2D eigenvalue weighted by molar-refractivity contribution is -0.139. The second-order valence-electron chi connectivity index (χ2n) is 15.6. The molecular formula is C54H66N6O7. The highest BCUT2D eigenvalue weighted by molar-refractivity contribution is 5.78. The van der Waals surface area contributed by atoms with Gasteiger partial charge in [0.25, 0.3) is 0 Å². The Labute approximate surface area is 396 Å². The molecule has 6 aromatic rings. The number of hydrogen-bond acceptors (Lipinski definition) is 12. The van der Waals surface area contributed by atoms with Crippen molar-refractivity contribution in [2.75, 3.05) is 86.0 Å². The minimum Gasteiger partial charge on any atom is -0.492 e. The first-order valence-corrected chi connectivity index (χ1v) is 22.5. The maximum absolute atomic E-state index is 12.2. The van der Waals surface area contributed by atoms with Gasteiger partial charge in [-0.2, -0.15) is 0 Å². The number of ether oxygens (including phenoxy) is 5. The quantitative estimate of drug-likeness (QED) is 0.0887. The summed E-state index contributed by atoms with van der Waals surface area (Å²) in [5.41, 5.74) is 13.2. The van der Waals surface area contributed by atoms with Gasteiger partial charge in [-0.3, -0.25) is 29.4 Å². The highest BCUT2D eigenvalue weighted by Crippen LogP contribution is 2.24. The van der Waals surface area contributed by atoms with E-state index in [1.807, 2.05) is 140 Å². The lowest BCUT2D eigenvalue weighted by Crippen LogP contribution is -2.38. The van der Waals surface area contributed by atoms with Crippen LogP contribution in [0.3, 0.4) is 0 Å². The number of nitrogens with one attached hydrogen (secondary N) is 1. The van der Waals surface area contributed by atoms with Gasteiger partial charge in [0.15, 0.2) is 0 Å². The van der Waals surface area contributed by atoms with Gasteiger partial charge in [-0.05, 0) is 58.7 Å². The Morgan fingerprint density at radius 1 is 0.582 bits per heavy atom. The molecule has 13 heteroatoms. The monoisotopic (exact) mass is 910 g/mol. The van der Waals surface area contributed by atoms with Crippen molar-refractivity contribution < 1.29 is 33.3 Å². The van der Waals surface area contributed by atoms with Crippen LogP contribution in [-0.4, -0.2) is 118 Å². The number of nitrogens with zero attached hydrogens (tertiary/aromatic N) is 4. The second kappa shape index (κ2) is 29.2. The van der Waals surface area contributed by atoms with Crippen molar-refractivity contribution in [3.05, 3.63) is 168 Å². The van der Waals surface area contributed by atoms with Crippen molar-refractivity contribution in [1.82, 2.24) is 25.1 Å². The van der Waals surface area contributed by atoms with Gasteiger partial charge >= 0.3 is 5.97 Å². The van der Waals surface area contributed by atoms with Gasteiger partial charge in [0.2, 0.25) is 5.91 Å². The van der Waals surface area contributed by atoms with E-state index in [0.717, 1.165) is 111 Å². The molecule has 8 rings (SSSR count). The lowest BCUT2D eigenvalue weighted by Gasteiger charge is -2.26. The number of methoxy groups -OCH3 is 1. The fourth-order valence-corrected chi connectivity index (χ4v) is 6.98. The lowest BCUT2D eigenvalue weighted by atomic mass is 10.1. The van der Waals surface area contributed by atoms with E-state index in [2.05, 4.69) is 29.8 Å². The summed E-state index contributed by atoms with van der Waals surface area (Å²) in [6.45, 7) is 11.4.